The van der Waals surface area contributed by atoms with Crippen molar-refractivity contribution in [1.82, 2.24) is 14.9 Å². The van der Waals surface area contributed by atoms with Gasteiger partial charge in [-0.1, -0.05) is 24.3 Å². The Morgan fingerprint density at radius 3 is 2.49 bits per heavy atom. The first kappa shape index (κ1) is 26.7. The van der Waals surface area contributed by atoms with E-state index in [4.69, 9.17) is 5.73 Å². The van der Waals surface area contributed by atoms with E-state index in [0.717, 1.165) is 30.3 Å². The molecular formula is C25H38N6O3S. The van der Waals surface area contributed by atoms with Crippen LogP contribution in [0.5, 0.6) is 0 Å². The van der Waals surface area contributed by atoms with Crippen LogP contribution < -0.4 is 20.7 Å². The van der Waals surface area contributed by atoms with Crippen LogP contribution in [0.2, 0.25) is 0 Å². The zero-order chi connectivity index (χ0) is 25.4. The van der Waals surface area contributed by atoms with Crippen LogP contribution in [0.1, 0.15) is 39.0 Å². The maximum absolute atomic E-state index is 13.6. The van der Waals surface area contributed by atoms with Gasteiger partial charge in [0.05, 0.1) is 4.90 Å². The van der Waals surface area contributed by atoms with Crippen molar-refractivity contribution in [3.8, 4) is 0 Å². The zero-order valence-corrected chi connectivity index (χ0v) is 21.8. The molecule has 0 radical (unpaired) electrons. The second-order valence-electron chi connectivity index (χ2n) is 9.02. The predicted molar refractivity (Wildman–Crippen MR) is 142 cm³/mol. The average molecular weight is 503 g/mol. The highest BCUT2D eigenvalue weighted by Gasteiger charge is 2.30. The number of hydrogen-bond donors (Lipinski definition) is 3. The van der Waals surface area contributed by atoms with E-state index in [1.165, 1.54) is 0 Å². The molecule has 1 atom stereocenters. The van der Waals surface area contributed by atoms with Gasteiger partial charge in [-0.25, -0.2) is 8.42 Å². The first-order chi connectivity index (χ1) is 16.7. The lowest BCUT2D eigenvalue weighted by molar-refractivity contribution is -0.134. The van der Waals surface area contributed by atoms with Crippen molar-refractivity contribution in [2.75, 3.05) is 45.2 Å². The number of carbonyl (C=O) groups is 1. The summed E-state index contributed by atoms with van der Waals surface area (Å²) in [4.78, 5) is 21.5. The first-order valence-corrected chi connectivity index (χ1v) is 13.8. The third-order valence-corrected chi connectivity index (χ3v) is 7.71. The number of carbonyl (C=O) groups excluding carboxylic acids is 1. The summed E-state index contributed by atoms with van der Waals surface area (Å²) in [6, 6.07) is 9.98. The van der Waals surface area contributed by atoms with E-state index in [-0.39, 0.29) is 10.8 Å². The Morgan fingerprint density at radius 2 is 1.80 bits per heavy atom. The summed E-state index contributed by atoms with van der Waals surface area (Å²) >= 11 is 0. The van der Waals surface area contributed by atoms with Gasteiger partial charge in [0, 0.05) is 56.7 Å². The number of fused-ring (bicyclic) bond motifs is 1. The summed E-state index contributed by atoms with van der Waals surface area (Å²) < 4.78 is 29.9. The number of nitrogens with zero attached hydrogens (tertiary/aromatic N) is 3. The average Bonchev–Trinajstić information content (AvgIpc) is 2.85. The number of aliphatic imine (C=N–C) groups is 1. The molecular weight excluding hydrogens is 464 g/mol. The highest BCUT2D eigenvalue weighted by Crippen LogP contribution is 2.30. The molecule has 2 aromatic rings. The van der Waals surface area contributed by atoms with Gasteiger partial charge in [0.15, 0.2) is 5.96 Å². The largest absolute Gasteiger partial charge is 0.377 e. The summed E-state index contributed by atoms with van der Waals surface area (Å²) in [7, 11) is -0.116. The number of anilines is 1. The number of nitrogens with one attached hydrogen (secondary N) is 2. The molecule has 4 N–H and O–H groups in total. The van der Waals surface area contributed by atoms with E-state index in [2.05, 4.69) is 15.0 Å². The van der Waals surface area contributed by atoms with Gasteiger partial charge in [0.1, 0.15) is 6.04 Å². The van der Waals surface area contributed by atoms with Crippen LogP contribution in [0.25, 0.3) is 10.8 Å². The predicted octanol–water partition coefficient (Wildman–Crippen LogP) is 2.27. The summed E-state index contributed by atoms with van der Waals surface area (Å²) in [6.45, 7) is 4.32. The number of rotatable bonds is 10. The van der Waals surface area contributed by atoms with E-state index in [1.807, 2.05) is 44.1 Å². The highest BCUT2D eigenvalue weighted by atomic mass is 32.2. The molecule has 10 heteroatoms. The molecule has 0 aromatic heterocycles. The summed E-state index contributed by atoms with van der Waals surface area (Å²) in [5.74, 6) is 0.172. The second kappa shape index (κ2) is 12.2. The molecule has 3 rings (SSSR count). The quantitative estimate of drug-likeness (QED) is 0.260. The number of amides is 1. The standard InChI is InChI=1S/C25H38N6O3S/c1-4-27-25(26)28-16-10-13-21(24(32)31-17-6-5-7-18-31)29-35(33,34)23-15-9-11-19-20(23)12-8-14-22(19)30(2)3/h8-9,11-12,14-15,21,29H,4-7,10,13,16-18H2,1-3H3,(H3,26,27,28)/t21-/m0/s1. The molecule has 1 aliphatic heterocycles. The molecule has 192 valence electrons. The molecule has 9 nitrogen and oxygen atoms in total. The Labute approximate surface area is 208 Å². The molecule has 1 aliphatic rings. The Balaban J connectivity index is 1.87. The second-order valence-corrected chi connectivity index (χ2v) is 10.7. The van der Waals surface area contributed by atoms with Crippen molar-refractivity contribution >= 4 is 38.3 Å². The van der Waals surface area contributed by atoms with E-state index in [1.54, 1.807) is 23.1 Å². The molecule has 0 bridgehead atoms. The minimum Gasteiger partial charge on any atom is -0.377 e. The first-order valence-electron chi connectivity index (χ1n) is 12.3. The Bertz CT molecular complexity index is 1140. The van der Waals surface area contributed by atoms with Gasteiger partial charge in [0.2, 0.25) is 15.9 Å². The van der Waals surface area contributed by atoms with Crippen molar-refractivity contribution in [3.63, 3.8) is 0 Å². The van der Waals surface area contributed by atoms with Gasteiger partial charge in [-0.3, -0.25) is 9.79 Å². The lowest BCUT2D eigenvalue weighted by atomic mass is 10.1. The Hall–Kier alpha value is -2.85. The lowest BCUT2D eigenvalue weighted by Gasteiger charge is -2.30. The van der Waals surface area contributed by atoms with Crippen LogP contribution in [0.3, 0.4) is 0 Å². The fourth-order valence-electron chi connectivity index (χ4n) is 4.44. The Kier molecular flexibility index (Phi) is 9.33. The maximum Gasteiger partial charge on any atom is 0.241 e. The lowest BCUT2D eigenvalue weighted by Crippen LogP contribution is -2.50. The molecule has 2 aromatic carbocycles. The van der Waals surface area contributed by atoms with Gasteiger partial charge in [0.25, 0.3) is 0 Å². The minimum atomic E-state index is -3.96. The van der Waals surface area contributed by atoms with Crippen LogP contribution in [0.15, 0.2) is 46.3 Å². The summed E-state index contributed by atoms with van der Waals surface area (Å²) in [6.07, 6.45) is 3.82. The fourth-order valence-corrected chi connectivity index (χ4v) is 5.88. The number of sulfonamides is 1. The van der Waals surface area contributed by atoms with Crippen molar-refractivity contribution in [2.24, 2.45) is 10.7 Å². The topological polar surface area (TPSA) is 120 Å². The van der Waals surface area contributed by atoms with Gasteiger partial charge in [-0.2, -0.15) is 4.72 Å². The molecule has 1 heterocycles. The number of benzene rings is 2. The third kappa shape index (κ3) is 6.85. The molecule has 0 aliphatic carbocycles. The molecule has 0 spiro atoms. The van der Waals surface area contributed by atoms with Crippen LogP contribution in [0.4, 0.5) is 5.69 Å². The van der Waals surface area contributed by atoms with Gasteiger partial charge >= 0.3 is 0 Å². The highest BCUT2D eigenvalue weighted by molar-refractivity contribution is 7.89. The van der Waals surface area contributed by atoms with E-state index < -0.39 is 16.1 Å². The van der Waals surface area contributed by atoms with Crippen LogP contribution in [0, 0.1) is 0 Å². The van der Waals surface area contributed by atoms with E-state index >= 15 is 0 Å². The van der Waals surface area contributed by atoms with Crippen molar-refractivity contribution < 1.29 is 13.2 Å². The zero-order valence-electron chi connectivity index (χ0n) is 21.0. The van der Waals surface area contributed by atoms with Gasteiger partial charge in [-0.15, -0.1) is 0 Å². The molecule has 1 amide bonds. The molecule has 1 saturated heterocycles. The van der Waals surface area contributed by atoms with Crippen LogP contribution in [-0.4, -0.2) is 71.5 Å². The smallest absolute Gasteiger partial charge is 0.241 e. The number of nitrogens with two attached hydrogens (primary N) is 1. The normalized spacial score (nSPS) is 15.7. The maximum atomic E-state index is 13.6. The van der Waals surface area contributed by atoms with Crippen molar-refractivity contribution in [2.45, 2.75) is 50.0 Å². The molecule has 0 unspecified atom stereocenters. The van der Waals surface area contributed by atoms with Crippen molar-refractivity contribution in [3.05, 3.63) is 36.4 Å². The third-order valence-electron chi connectivity index (χ3n) is 6.18. The number of guanidine groups is 1. The molecule has 1 fully saturated rings. The van der Waals surface area contributed by atoms with Gasteiger partial charge in [-0.05, 0) is 51.2 Å². The number of likely N-dealkylation sites (tertiary alicyclic amines) is 1. The Morgan fingerprint density at radius 1 is 1.11 bits per heavy atom. The monoisotopic (exact) mass is 502 g/mol. The summed E-state index contributed by atoms with van der Waals surface area (Å²) in [5, 5.41) is 4.40. The number of piperidine rings is 1. The summed E-state index contributed by atoms with van der Waals surface area (Å²) in [5.41, 5.74) is 6.72. The van der Waals surface area contributed by atoms with Crippen LogP contribution >= 0.6 is 0 Å². The molecule has 35 heavy (non-hydrogen) atoms. The van der Waals surface area contributed by atoms with E-state index in [9.17, 15) is 13.2 Å². The van der Waals surface area contributed by atoms with Crippen molar-refractivity contribution in [1.29, 1.82) is 0 Å². The van der Waals surface area contributed by atoms with Gasteiger partial charge < -0.3 is 20.9 Å². The minimum absolute atomic E-state index is 0.171. The van der Waals surface area contributed by atoms with Crippen LogP contribution in [-0.2, 0) is 14.8 Å². The fraction of sp³-hybridized carbons (Fsp3) is 0.520. The SMILES string of the molecule is CCNC(N)=NCCC[C@H](NS(=O)(=O)c1cccc2c(N(C)C)cccc12)C(=O)N1CCCCC1. The molecule has 0 saturated carbocycles. The van der Waals surface area contributed by atoms with E-state index in [0.29, 0.717) is 50.4 Å². The number of hydrogen-bond acceptors (Lipinski definition) is 5.